The summed E-state index contributed by atoms with van der Waals surface area (Å²) in [5, 5.41) is 0. The number of hydrogen-bond donors (Lipinski definition) is 1. The lowest BCUT2D eigenvalue weighted by Gasteiger charge is -2.35. The first kappa shape index (κ1) is 21.6. The van der Waals surface area contributed by atoms with Crippen LogP contribution in [0.4, 0.5) is 14.5 Å². The van der Waals surface area contributed by atoms with E-state index < -0.39 is 26.6 Å². The monoisotopic (exact) mass is 425 g/mol. The predicted molar refractivity (Wildman–Crippen MR) is 107 cm³/mol. The predicted octanol–water partition coefficient (Wildman–Crippen LogP) is 2.38. The van der Waals surface area contributed by atoms with E-state index in [1.54, 1.807) is 0 Å². The number of anilines is 1. The summed E-state index contributed by atoms with van der Waals surface area (Å²) in [6, 6.07) is 10.0. The maximum Gasteiger partial charge on any atom is 0.243 e. The minimum atomic E-state index is -4.13. The molecule has 29 heavy (non-hydrogen) atoms. The first-order valence-corrected chi connectivity index (χ1v) is 10.8. The van der Waals surface area contributed by atoms with Gasteiger partial charge in [-0.1, -0.05) is 12.1 Å². The fourth-order valence-corrected chi connectivity index (χ4v) is 4.40. The van der Waals surface area contributed by atoms with Crippen LogP contribution < -0.4 is 9.62 Å². The molecule has 0 bridgehead atoms. The lowest BCUT2D eigenvalue weighted by atomic mass is 10.0. The van der Waals surface area contributed by atoms with E-state index in [1.165, 1.54) is 0 Å². The van der Waals surface area contributed by atoms with Gasteiger partial charge in [0.1, 0.15) is 16.5 Å². The van der Waals surface area contributed by atoms with Crippen molar-refractivity contribution in [2.45, 2.75) is 10.9 Å². The summed E-state index contributed by atoms with van der Waals surface area (Å²) in [5.41, 5.74) is 1.98. The molecule has 2 aromatic carbocycles. The lowest BCUT2D eigenvalue weighted by molar-refractivity contribution is 0.0172. The molecule has 1 atom stereocenters. The average Bonchev–Trinajstić information content (AvgIpc) is 2.69. The van der Waals surface area contributed by atoms with Gasteiger partial charge in [-0.05, 0) is 29.8 Å². The number of benzene rings is 2. The van der Waals surface area contributed by atoms with Crippen LogP contribution in [-0.2, 0) is 14.8 Å². The maximum atomic E-state index is 14.0. The number of ether oxygens (including phenoxy) is 1. The summed E-state index contributed by atoms with van der Waals surface area (Å²) in [6.45, 7) is 2.50. The average molecular weight is 426 g/mol. The molecule has 1 aliphatic heterocycles. The largest absolute Gasteiger partial charge is 0.379 e. The highest BCUT2D eigenvalue weighted by Gasteiger charge is 2.26. The number of nitrogens with one attached hydrogen (secondary N) is 1. The second kappa shape index (κ2) is 9.17. The molecule has 0 unspecified atom stereocenters. The Morgan fingerprint density at radius 2 is 1.76 bits per heavy atom. The van der Waals surface area contributed by atoms with Gasteiger partial charge in [-0.25, -0.2) is 21.9 Å². The molecule has 0 radical (unpaired) electrons. The van der Waals surface area contributed by atoms with Crippen LogP contribution in [0, 0.1) is 11.6 Å². The van der Waals surface area contributed by atoms with Crippen molar-refractivity contribution in [1.29, 1.82) is 0 Å². The van der Waals surface area contributed by atoms with Crippen molar-refractivity contribution >= 4 is 15.7 Å². The van der Waals surface area contributed by atoms with E-state index >= 15 is 0 Å². The van der Waals surface area contributed by atoms with Gasteiger partial charge in [-0.2, -0.15) is 0 Å². The molecule has 2 aromatic rings. The molecular formula is C20H25F2N3O3S. The van der Waals surface area contributed by atoms with E-state index in [2.05, 4.69) is 9.62 Å². The Balaban J connectivity index is 1.82. The maximum absolute atomic E-state index is 14.0. The molecule has 0 spiro atoms. The van der Waals surface area contributed by atoms with Crippen LogP contribution in [-0.4, -0.2) is 60.3 Å². The van der Waals surface area contributed by atoms with Gasteiger partial charge >= 0.3 is 0 Å². The highest BCUT2D eigenvalue weighted by Crippen LogP contribution is 2.25. The standard InChI is InChI=1S/C20H25F2N3O3S/c1-24(2)17-6-3-15(4-7-17)19(25-9-11-28-12-10-25)14-23-29(26,27)20-8-5-16(21)13-18(20)22/h3-8,13,19,23H,9-12,14H2,1-2H3/t19-/m1/s1. The van der Waals surface area contributed by atoms with Crippen molar-refractivity contribution in [2.24, 2.45) is 0 Å². The smallest absolute Gasteiger partial charge is 0.243 e. The number of hydrogen-bond acceptors (Lipinski definition) is 5. The summed E-state index contributed by atoms with van der Waals surface area (Å²) in [5.74, 6) is -1.94. The zero-order chi connectivity index (χ0) is 21.0. The van der Waals surface area contributed by atoms with Gasteiger partial charge < -0.3 is 9.64 Å². The van der Waals surface area contributed by atoms with Gasteiger partial charge in [-0.15, -0.1) is 0 Å². The van der Waals surface area contributed by atoms with E-state index in [1.807, 2.05) is 43.3 Å². The van der Waals surface area contributed by atoms with Crippen molar-refractivity contribution in [3.63, 3.8) is 0 Å². The summed E-state index contributed by atoms with van der Waals surface area (Å²) < 4.78 is 60.2. The topological polar surface area (TPSA) is 61.9 Å². The molecule has 1 fully saturated rings. The van der Waals surface area contributed by atoms with E-state index in [0.29, 0.717) is 32.4 Å². The SMILES string of the molecule is CN(C)c1ccc([C@@H](CNS(=O)(=O)c2ccc(F)cc2F)N2CCOCC2)cc1. The third kappa shape index (κ3) is 5.30. The van der Waals surface area contributed by atoms with Crippen LogP contribution >= 0.6 is 0 Å². The molecule has 0 saturated carbocycles. The summed E-state index contributed by atoms with van der Waals surface area (Å²) in [6.07, 6.45) is 0. The first-order chi connectivity index (χ1) is 13.8. The minimum absolute atomic E-state index is 0.0560. The molecule has 6 nitrogen and oxygen atoms in total. The van der Waals surface area contributed by atoms with Gasteiger partial charge in [0.05, 0.1) is 13.2 Å². The van der Waals surface area contributed by atoms with Gasteiger partial charge in [0.2, 0.25) is 10.0 Å². The number of nitrogens with zero attached hydrogens (tertiary/aromatic N) is 2. The Kier molecular flexibility index (Phi) is 6.84. The summed E-state index contributed by atoms with van der Waals surface area (Å²) in [7, 11) is -0.240. The zero-order valence-corrected chi connectivity index (χ0v) is 17.3. The molecule has 0 aliphatic carbocycles. The quantitative estimate of drug-likeness (QED) is 0.738. The molecule has 3 rings (SSSR count). The number of morpholine rings is 1. The molecule has 158 valence electrons. The summed E-state index contributed by atoms with van der Waals surface area (Å²) >= 11 is 0. The lowest BCUT2D eigenvalue weighted by Crippen LogP contribution is -2.43. The van der Waals surface area contributed by atoms with E-state index in [9.17, 15) is 17.2 Å². The normalized spacial score (nSPS) is 16.6. The van der Waals surface area contributed by atoms with Crippen LogP contribution in [0.2, 0.25) is 0 Å². The Morgan fingerprint density at radius 3 is 2.34 bits per heavy atom. The Bertz CT molecular complexity index is 930. The molecule has 1 N–H and O–H groups in total. The molecule has 0 aromatic heterocycles. The van der Waals surface area contributed by atoms with Crippen LogP contribution in [0.3, 0.4) is 0 Å². The zero-order valence-electron chi connectivity index (χ0n) is 16.4. The van der Waals surface area contributed by atoms with Crippen molar-refractivity contribution < 1.29 is 21.9 Å². The molecule has 1 aliphatic rings. The summed E-state index contributed by atoms with van der Waals surface area (Å²) in [4.78, 5) is 3.55. The fraction of sp³-hybridized carbons (Fsp3) is 0.400. The highest BCUT2D eigenvalue weighted by molar-refractivity contribution is 7.89. The Morgan fingerprint density at radius 1 is 1.10 bits per heavy atom. The molecule has 9 heteroatoms. The van der Waals surface area contributed by atoms with Crippen molar-refractivity contribution in [2.75, 3.05) is 51.8 Å². The number of sulfonamides is 1. The Labute approximate surface area is 170 Å². The van der Waals surface area contributed by atoms with Gasteiger partial charge in [0.25, 0.3) is 0 Å². The third-order valence-corrected chi connectivity index (χ3v) is 6.39. The van der Waals surface area contributed by atoms with Crippen LogP contribution in [0.25, 0.3) is 0 Å². The Hall–Kier alpha value is -2.07. The minimum Gasteiger partial charge on any atom is -0.379 e. The van der Waals surface area contributed by atoms with Gasteiger partial charge in [-0.3, -0.25) is 4.90 Å². The van der Waals surface area contributed by atoms with E-state index in [0.717, 1.165) is 23.4 Å². The van der Waals surface area contributed by atoms with Crippen LogP contribution in [0.15, 0.2) is 47.4 Å². The second-order valence-corrected chi connectivity index (χ2v) is 8.81. The van der Waals surface area contributed by atoms with Crippen molar-refractivity contribution in [1.82, 2.24) is 9.62 Å². The number of rotatable bonds is 7. The third-order valence-electron chi connectivity index (χ3n) is 4.93. The first-order valence-electron chi connectivity index (χ1n) is 9.32. The second-order valence-electron chi connectivity index (χ2n) is 7.08. The van der Waals surface area contributed by atoms with Gasteiger partial charge in [0.15, 0.2) is 0 Å². The van der Waals surface area contributed by atoms with E-state index in [4.69, 9.17) is 4.74 Å². The molecular weight excluding hydrogens is 400 g/mol. The van der Waals surface area contributed by atoms with Crippen molar-refractivity contribution in [3.05, 3.63) is 59.7 Å². The van der Waals surface area contributed by atoms with E-state index in [-0.39, 0.29) is 12.6 Å². The fourth-order valence-electron chi connectivity index (χ4n) is 3.30. The van der Waals surface area contributed by atoms with Crippen LogP contribution in [0.5, 0.6) is 0 Å². The molecule has 1 heterocycles. The van der Waals surface area contributed by atoms with Crippen LogP contribution in [0.1, 0.15) is 11.6 Å². The highest BCUT2D eigenvalue weighted by atomic mass is 32.2. The number of halogens is 2. The molecule has 1 saturated heterocycles. The van der Waals surface area contributed by atoms with Gasteiger partial charge in [0, 0.05) is 51.5 Å². The molecule has 0 amide bonds. The van der Waals surface area contributed by atoms with Crippen molar-refractivity contribution in [3.8, 4) is 0 Å².